The van der Waals surface area contributed by atoms with E-state index >= 15 is 0 Å². The van der Waals surface area contributed by atoms with Gasteiger partial charge in [-0.05, 0) is 30.8 Å². The number of hydrogen-bond donors (Lipinski definition) is 0. The predicted octanol–water partition coefficient (Wildman–Crippen LogP) is 1.67. The molecule has 86 valence electrons. The van der Waals surface area contributed by atoms with Crippen LogP contribution in [0.15, 0.2) is 17.5 Å². The van der Waals surface area contributed by atoms with Gasteiger partial charge in [0.15, 0.2) is 0 Å². The third kappa shape index (κ3) is 1.76. The molecule has 3 heterocycles. The first-order chi connectivity index (χ1) is 7.84. The van der Waals surface area contributed by atoms with Gasteiger partial charge in [-0.25, -0.2) is 0 Å². The number of amides is 1. The summed E-state index contributed by atoms with van der Waals surface area (Å²) >= 11 is 1.55. The highest BCUT2D eigenvalue weighted by Gasteiger charge is 2.32. The molecule has 2 saturated heterocycles. The summed E-state index contributed by atoms with van der Waals surface area (Å²) in [6.45, 7) is 4.11. The Morgan fingerprint density at radius 2 is 2.31 bits per heavy atom. The fourth-order valence-corrected chi connectivity index (χ4v) is 3.42. The Labute approximate surface area is 99.7 Å². The van der Waals surface area contributed by atoms with Crippen molar-refractivity contribution in [2.75, 3.05) is 26.2 Å². The molecule has 2 aliphatic rings. The second-order valence-electron chi connectivity index (χ2n) is 4.56. The normalized spacial score (nSPS) is 25.8. The summed E-state index contributed by atoms with van der Waals surface area (Å²) in [7, 11) is 0. The van der Waals surface area contributed by atoms with Gasteiger partial charge in [-0.1, -0.05) is 6.07 Å². The molecular formula is C12H16N2OS. The van der Waals surface area contributed by atoms with Gasteiger partial charge >= 0.3 is 0 Å². The summed E-state index contributed by atoms with van der Waals surface area (Å²) in [5.74, 6) is 0.224. The van der Waals surface area contributed by atoms with Gasteiger partial charge in [0.05, 0.1) is 4.88 Å². The fourth-order valence-electron chi connectivity index (χ4n) is 2.73. The Morgan fingerprint density at radius 1 is 1.38 bits per heavy atom. The molecule has 0 aromatic carbocycles. The maximum atomic E-state index is 12.2. The van der Waals surface area contributed by atoms with Gasteiger partial charge in [0.25, 0.3) is 5.91 Å². The minimum Gasteiger partial charge on any atom is -0.335 e. The molecule has 16 heavy (non-hydrogen) atoms. The summed E-state index contributed by atoms with van der Waals surface area (Å²) in [6, 6.07) is 4.50. The molecule has 0 spiro atoms. The summed E-state index contributed by atoms with van der Waals surface area (Å²) in [4.78, 5) is 17.6. The van der Waals surface area contributed by atoms with Crippen LogP contribution in [0.3, 0.4) is 0 Å². The van der Waals surface area contributed by atoms with Crippen molar-refractivity contribution in [3.63, 3.8) is 0 Å². The molecule has 0 bridgehead atoms. The van der Waals surface area contributed by atoms with Crippen molar-refractivity contribution in [1.82, 2.24) is 9.80 Å². The molecule has 1 aromatic heterocycles. The SMILES string of the molecule is O=C(c1cccs1)N1CCN2CCCC2C1. The van der Waals surface area contributed by atoms with E-state index in [1.807, 2.05) is 22.4 Å². The minimum absolute atomic E-state index is 0.224. The standard InChI is InChI=1S/C12H16N2OS/c15-12(11-4-2-8-16-11)14-7-6-13-5-1-3-10(13)9-14/h2,4,8,10H,1,3,5-7,9H2. The Balaban J connectivity index is 1.70. The molecule has 0 aliphatic carbocycles. The van der Waals surface area contributed by atoms with Gasteiger partial charge < -0.3 is 4.90 Å². The van der Waals surface area contributed by atoms with Crippen molar-refractivity contribution < 1.29 is 4.79 Å². The molecule has 0 saturated carbocycles. The second kappa shape index (κ2) is 4.18. The van der Waals surface area contributed by atoms with E-state index in [0.717, 1.165) is 24.5 Å². The van der Waals surface area contributed by atoms with Crippen LogP contribution in [0.25, 0.3) is 0 Å². The quantitative estimate of drug-likeness (QED) is 0.740. The smallest absolute Gasteiger partial charge is 0.264 e. The number of thiophene rings is 1. The summed E-state index contributed by atoms with van der Waals surface area (Å²) in [5, 5.41) is 1.97. The average Bonchev–Trinajstić information content (AvgIpc) is 2.98. The van der Waals surface area contributed by atoms with E-state index < -0.39 is 0 Å². The van der Waals surface area contributed by atoms with Crippen molar-refractivity contribution in [3.05, 3.63) is 22.4 Å². The van der Waals surface area contributed by atoms with Crippen LogP contribution in [0, 0.1) is 0 Å². The second-order valence-corrected chi connectivity index (χ2v) is 5.51. The van der Waals surface area contributed by atoms with Crippen LogP contribution in [0.4, 0.5) is 0 Å². The highest BCUT2D eigenvalue weighted by Crippen LogP contribution is 2.23. The van der Waals surface area contributed by atoms with Crippen molar-refractivity contribution >= 4 is 17.2 Å². The number of fused-ring (bicyclic) bond motifs is 1. The van der Waals surface area contributed by atoms with Crippen LogP contribution in [0.2, 0.25) is 0 Å². The fraction of sp³-hybridized carbons (Fsp3) is 0.583. The average molecular weight is 236 g/mol. The molecule has 2 fully saturated rings. The predicted molar refractivity (Wildman–Crippen MR) is 64.8 cm³/mol. The molecule has 0 radical (unpaired) electrons. The lowest BCUT2D eigenvalue weighted by Gasteiger charge is -2.37. The molecule has 3 rings (SSSR count). The van der Waals surface area contributed by atoms with Gasteiger partial charge in [0.2, 0.25) is 0 Å². The zero-order chi connectivity index (χ0) is 11.0. The number of hydrogen-bond acceptors (Lipinski definition) is 3. The largest absolute Gasteiger partial charge is 0.335 e. The number of carbonyl (C=O) groups is 1. The molecule has 1 atom stereocenters. The third-order valence-electron chi connectivity index (χ3n) is 3.61. The van der Waals surface area contributed by atoms with E-state index in [0.29, 0.717) is 6.04 Å². The lowest BCUT2D eigenvalue weighted by Crippen LogP contribution is -2.51. The van der Waals surface area contributed by atoms with E-state index in [1.165, 1.54) is 19.4 Å². The van der Waals surface area contributed by atoms with Gasteiger partial charge in [-0.2, -0.15) is 0 Å². The summed E-state index contributed by atoms with van der Waals surface area (Å²) in [5.41, 5.74) is 0. The van der Waals surface area contributed by atoms with Crippen LogP contribution < -0.4 is 0 Å². The topological polar surface area (TPSA) is 23.6 Å². The molecule has 1 amide bonds. The van der Waals surface area contributed by atoms with Crippen molar-refractivity contribution in [3.8, 4) is 0 Å². The summed E-state index contributed by atoms with van der Waals surface area (Å²) < 4.78 is 0. The lowest BCUT2D eigenvalue weighted by molar-refractivity contribution is 0.0576. The van der Waals surface area contributed by atoms with Crippen molar-refractivity contribution in [2.24, 2.45) is 0 Å². The Kier molecular flexibility index (Phi) is 2.69. The molecule has 1 aromatic rings. The highest BCUT2D eigenvalue weighted by molar-refractivity contribution is 7.12. The van der Waals surface area contributed by atoms with Crippen LogP contribution in [-0.4, -0.2) is 47.9 Å². The van der Waals surface area contributed by atoms with Crippen LogP contribution in [0.1, 0.15) is 22.5 Å². The van der Waals surface area contributed by atoms with Crippen molar-refractivity contribution in [2.45, 2.75) is 18.9 Å². The summed E-state index contributed by atoms with van der Waals surface area (Å²) in [6.07, 6.45) is 2.56. The van der Waals surface area contributed by atoms with Gasteiger partial charge in [0, 0.05) is 25.7 Å². The maximum absolute atomic E-state index is 12.2. The molecular weight excluding hydrogens is 220 g/mol. The number of rotatable bonds is 1. The number of carbonyl (C=O) groups excluding carboxylic acids is 1. The molecule has 2 aliphatic heterocycles. The van der Waals surface area contributed by atoms with E-state index in [4.69, 9.17) is 0 Å². The van der Waals surface area contributed by atoms with E-state index in [2.05, 4.69) is 4.90 Å². The molecule has 1 unspecified atom stereocenters. The maximum Gasteiger partial charge on any atom is 0.264 e. The zero-order valence-corrected chi connectivity index (χ0v) is 10.1. The third-order valence-corrected chi connectivity index (χ3v) is 4.46. The molecule has 0 N–H and O–H groups in total. The number of piperazine rings is 1. The first kappa shape index (κ1) is 10.3. The van der Waals surface area contributed by atoms with Gasteiger partial charge in [-0.15, -0.1) is 11.3 Å². The monoisotopic (exact) mass is 236 g/mol. The first-order valence-electron chi connectivity index (χ1n) is 5.91. The van der Waals surface area contributed by atoms with Crippen LogP contribution in [-0.2, 0) is 0 Å². The van der Waals surface area contributed by atoms with E-state index in [9.17, 15) is 4.79 Å². The Morgan fingerprint density at radius 3 is 3.12 bits per heavy atom. The van der Waals surface area contributed by atoms with Crippen LogP contribution >= 0.6 is 11.3 Å². The number of nitrogens with zero attached hydrogens (tertiary/aromatic N) is 2. The Hall–Kier alpha value is -0.870. The van der Waals surface area contributed by atoms with E-state index in [1.54, 1.807) is 11.3 Å². The molecule has 3 nitrogen and oxygen atoms in total. The van der Waals surface area contributed by atoms with Gasteiger partial charge in [0.1, 0.15) is 0 Å². The van der Waals surface area contributed by atoms with Gasteiger partial charge in [-0.3, -0.25) is 9.69 Å². The Bertz CT molecular complexity index is 376. The van der Waals surface area contributed by atoms with E-state index in [-0.39, 0.29) is 5.91 Å². The minimum atomic E-state index is 0.224. The highest BCUT2D eigenvalue weighted by atomic mass is 32.1. The molecule has 4 heteroatoms. The zero-order valence-electron chi connectivity index (χ0n) is 9.26. The van der Waals surface area contributed by atoms with Crippen LogP contribution in [0.5, 0.6) is 0 Å². The van der Waals surface area contributed by atoms with Crippen molar-refractivity contribution in [1.29, 1.82) is 0 Å². The lowest BCUT2D eigenvalue weighted by atomic mass is 10.1. The first-order valence-corrected chi connectivity index (χ1v) is 6.79.